The summed E-state index contributed by atoms with van der Waals surface area (Å²) in [5, 5.41) is 10.3. The first-order chi connectivity index (χ1) is 16.2. The first kappa shape index (κ1) is 23.5. The van der Waals surface area contributed by atoms with Gasteiger partial charge >= 0.3 is 0 Å². The SMILES string of the molecule is Cc1cccc(Cl)c1N1CC=C[C@]23S[C@H]4C=CCN(C)C(=O)[C@H]4[C@H]2C(=O)N([C@H](C)CO)C3C1=O. The lowest BCUT2D eigenvalue weighted by atomic mass is 9.78. The minimum Gasteiger partial charge on any atom is -0.394 e. The number of likely N-dealkylation sites (tertiary alicyclic amines) is 1. The summed E-state index contributed by atoms with van der Waals surface area (Å²) >= 11 is 8.07. The summed E-state index contributed by atoms with van der Waals surface area (Å²) in [7, 11) is 1.74. The zero-order chi connectivity index (χ0) is 24.4. The Kier molecular flexibility index (Phi) is 5.81. The van der Waals surface area contributed by atoms with E-state index in [-0.39, 0.29) is 29.6 Å². The predicted octanol–water partition coefficient (Wildman–Crippen LogP) is 2.26. The summed E-state index contributed by atoms with van der Waals surface area (Å²) in [5.41, 5.74) is 1.48. The van der Waals surface area contributed by atoms with Crippen LogP contribution in [-0.2, 0) is 14.4 Å². The first-order valence-corrected chi connectivity index (χ1v) is 12.8. The van der Waals surface area contributed by atoms with E-state index in [2.05, 4.69) is 0 Å². The number of carbonyl (C=O) groups excluding carboxylic acids is 3. The zero-order valence-corrected chi connectivity index (χ0v) is 20.9. The lowest BCUT2D eigenvalue weighted by molar-refractivity contribution is -0.143. The van der Waals surface area contributed by atoms with Crippen LogP contribution in [0.1, 0.15) is 12.5 Å². The molecular weight excluding hydrogens is 474 g/mol. The van der Waals surface area contributed by atoms with Crippen LogP contribution in [-0.4, -0.2) is 81.5 Å². The van der Waals surface area contributed by atoms with Crippen molar-refractivity contribution in [1.29, 1.82) is 0 Å². The van der Waals surface area contributed by atoms with E-state index in [1.165, 1.54) is 16.7 Å². The van der Waals surface area contributed by atoms with E-state index in [0.717, 1.165) is 5.56 Å². The summed E-state index contributed by atoms with van der Waals surface area (Å²) in [6.45, 7) is 4.16. The number of benzene rings is 1. The fraction of sp³-hybridized carbons (Fsp3) is 0.480. The van der Waals surface area contributed by atoms with Gasteiger partial charge in [0.05, 0.1) is 39.9 Å². The standard InChI is InChI=1S/C25H28ClN3O4S/c1-14-7-4-8-16(26)20(14)28-12-6-10-25-19(18-17(34-25)9-5-11-27(3)22(18)31)23(32)29(15(2)13-30)21(25)24(28)33/h4-10,15,17-19,21,30H,11-13H2,1-3H3/t15-,17+,18-,19+,21?,25+/m1/s1. The zero-order valence-electron chi connectivity index (χ0n) is 19.3. The maximum Gasteiger partial charge on any atom is 0.251 e. The minimum absolute atomic E-state index is 0.0844. The molecule has 0 bridgehead atoms. The van der Waals surface area contributed by atoms with Crippen LogP contribution in [0.5, 0.6) is 0 Å². The van der Waals surface area contributed by atoms with Crippen LogP contribution < -0.4 is 4.90 Å². The number of amides is 3. The van der Waals surface area contributed by atoms with E-state index in [1.807, 2.05) is 43.4 Å². The molecule has 4 heterocycles. The monoisotopic (exact) mass is 501 g/mol. The van der Waals surface area contributed by atoms with Crippen LogP contribution in [0, 0.1) is 18.8 Å². The fourth-order valence-electron chi connectivity index (χ4n) is 5.93. The van der Waals surface area contributed by atoms with Gasteiger partial charge in [-0.3, -0.25) is 14.4 Å². The number of likely N-dealkylation sites (N-methyl/N-ethyl adjacent to an activating group) is 1. The fourth-order valence-corrected chi connectivity index (χ4v) is 8.25. The van der Waals surface area contributed by atoms with Gasteiger partial charge in [0.1, 0.15) is 6.04 Å². The molecule has 5 rings (SSSR count). The molecule has 34 heavy (non-hydrogen) atoms. The second kappa shape index (κ2) is 8.43. The van der Waals surface area contributed by atoms with E-state index >= 15 is 0 Å². The average Bonchev–Trinajstić information content (AvgIpc) is 3.14. The van der Waals surface area contributed by atoms with Gasteiger partial charge in [-0.15, -0.1) is 11.8 Å². The molecule has 6 atom stereocenters. The Morgan fingerprint density at radius 2 is 1.94 bits per heavy atom. The van der Waals surface area contributed by atoms with Gasteiger partial charge in [0, 0.05) is 25.4 Å². The second-order valence-corrected chi connectivity index (χ2v) is 11.4. The Hall–Kier alpha value is -2.29. The van der Waals surface area contributed by atoms with Crippen LogP contribution in [0.2, 0.25) is 5.02 Å². The van der Waals surface area contributed by atoms with Gasteiger partial charge in [-0.05, 0) is 25.5 Å². The quantitative estimate of drug-likeness (QED) is 0.642. The van der Waals surface area contributed by atoms with Crippen molar-refractivity contribution in [1.82, 2.24) is 9.80 Å². The highest BCUT2D eigenvalue weighted by atomic mass is 35.5. The highest BCUT2D eigenvalue weighted by Gasteiger charge is 2.71. The molecule has 9 heteroatoms. The maximum atomic E-state index is 14.3. The van der Waals surface area contributed by atoms with Crippen LogP contribution in [0.3, 0.4) is 0 Å². The summed E-state index contributed by atoms with van der Waals surface area (Å²) in [6.07, 6.45) is 7.86. The van der Waals surface area contributed by atoms with Crippen LogP contribution in [0.25, 0.3) is 0 Å². The third kappa shape index (κ3) is 3.18. The van der Waals surface area contributed by atoms with Crippen molar-refractivity contribution in [3.8, 4) is 0 Å². The molecule has 2 fully saturated rings. The smallest absolute Gasteiger partial charge is 0.251 e. The third-order valence-electron chi connectivity index (χ3n) is 7.50. The van der Waals surface area contributed by atoms with Gasteiger partial charge in [-0.25, -0.2) is 0 Å². The Morgan fingerprint density at radius 1 is 1.18 bits per heavy atom. The lowest BCUT2D eigenvalue weighted by Crippen LogP contribution is -2.56. The molecule has 0 aliphatic carbocycles. The molecule has 0 saturated carbocycles. The van der Waals surface area contributed by atoms with Gasteiger partial charge in [0.2, 0.25) is 11.8 Å². The molecule has 0 aromatic heterocycles. The van der Waals surface area contributed by atoms with E-state index in [4.69, 9.17) is 11.6 Å². The number of aliphatic hydroxyl groups excluding tert-OH is 1. The normalized spacial score (nSPS) is 33.6. The summed E-state index contributed by atoms with van der Waals surface area (Å²) < 4.78 is -0.908. The van der Waals surface area contributed by atoms with Crippen molar-refractivity contribution in [2.75, 3.05) is 31.6 Å². The Morgan fingerprint density at radius 3 is 2.65 bits per heavy atom. The molecule has 1 aromatic carbocycles. The lowest BCUT2D eigenvalue weighted by Gasteiger charge is -2.37. The number of fused-ring (bicyclic) bond motifs is 2. The number of carbonyl (C=O) groups is 3. The van der Waals surface area contributed by atoms with Gasteiger partial charge in [-0.1, -0.05) is 48.0 Å². The van der Waals surface area contributed by atoms with Crippen LogP contribution in [0.15, 0.2) is 42.5 Å². The number of hydrogen-bond donors (Lipinski definition) is 1. The number of halogens is 1. The molecular formula is C25H28ClN3O4S. The minimum atomic E-state index is -0.908. The third-order valence-corrected chi connectivity index (χ3v) is 9.54. The average molecular weight is 502 g/mol. The number of hydrogen-bond acceptors (Lipinski definition) is 5. The first-order valence-electron chi connectivity index (χ1n) is 11.5. The molecule has 0 radical (unpaired) electrons. The molecule has 7 nitrogen and oxygen atoms in total. The molecule has 4 aliphatic rings. The Labute approximate surface area is 208 Å². The molecule has 180 valence electrons. The van der Waals surface area contributed by atoms with Crippen molar-refractivity contribution in [2.45, 2.75) is 35.9 Å². The molecule has 1 spiro atoms. The van der Waals surface area contributed by atoms with Crippen LogP contribution >= 0.6 is 23.4 Å². The molecule has 4 aliphatic heterocycles. The Balaban J connectivity index is 1.67. The van der Waals surface area contributed by atoms with Crippen molar-refractivity contribution in [2.24, 2.45) is 11.8 Å². The van der Waals surface area contributed by atoms with E-state index in [9.17, 15) is 19.5 Å². The van der Waals surface area contributed by atoms with Gasteiger partial charge in [-0.2, -0.15) is 0 Å². The number of para-hydroxylation sites is 1. The van der Waals surface area contributed by atoms with Crippen LogP contribution in [0.4, 0.5) is 5.69 Å². The van der Waals surface area contributed by atoms with Crippen molar-refractivity contribution < 1.29 is 19.5 Å². The predicted molar refractivity (Wildman–Crippen MR) is 133 cm³/mol. The topological polar surface area (TPSA) is 81.2 Å². The number of anilines is 1. The number of aryl methyl sites for hydroxylation is 1. The number of aliphatic hydroxyl groups is 1. The molecule has 3 amide bonds. The molecule has 1 N–H and O–H groups in total. The van der Waals surface area contributed by atoms with Crippen molar-refractivity contribution >= 4 is 46.8 Å². The largest absolute Gasteiger partial charge is 0.394 e. The summed E-state index contributed by atoms with van der Waals surface area (Å²) in [4.78, 5) is 46.5. The van der Waals surface area contributed by atoms with Crippen molar-refractivity contribution in [3.63, 3.8) is 0 Å². The van der Waals surface area contributed by atoms with Crippen molar-refractivity contribution in [3.05, 3.63) is 53.1 Å². The van der Waals surface area contributed by atoms with Gasteiger partial charge in [0.25, 0.3) is 5.91 Å². The number of rotatable bonds is 3. The van der Waals surface area contributed by atoms with Gasteiger partial charge < -0.3 is 19.8 Å². The number of thioether (sulfide) groups is 1. The highest BCUT2D eigenvalue weighted by Crippen LogP contribution is 2.61. The number of nitrogens with zero attached hydrogens (tertiary/aromatic N) is 3. The summed E-state index contributed by atoms with van der Waals surface area (Å²) in [5.74, 6) is -1.83. The molecule has 1 aromatic rings. The summed E-state index contributed by atoms with van der Waals surface area (Å²) in [6, 6.07) is 4.06. The molecule has 1 unspecified atom stereocenters. The second-order valence-electron chi connectivity index (χ2n) is 9.52. The van der Waals surface area contributed by atoms with E-state index in [0.29, 0.717) is 23.8 Å². The van der Waals surface area contributed by atoms with E-state index in [1.54, 1.807) is 29.8 Å². The Bertz CT molecular complexity index is 1100. The maximum absolute atomic E-state index is 14.3. The van der Waals surface area contributed by atoms with Gasteiger partial charge in [0.15, 0.2) is 0 Å². The van der Waals surface area contributed by atoms with E-state index < -0.39 is 28.7 Å². The highest BCUT2D eigenvalue weighted by molar-refractivity contribution is 8.02. The molecule has 2 saturated heterocycles.